The minimum Gasteiger partial charge on any atom is -0.384 e. The average molecular weight is 481 g/mol. The number of hydrogen-bond donors (Lipinski definition) is 4. The predicted molar refractivity (Wildman–Crippen MR) is 109 cm³/mol. The number of benzene rings is 1. The summed E-state index contributed by atoms with van der Waals surface area (Å²) in [6, 6.07) is 2.51. The smallest absolute Gasteiger partial charge is 0.266 e. The van der Waals surface area contributed by atoms with Gasteiger partial charge in [-0.3, -0.25) is 4.72 Å². The van der Waals surface area contributed by atoms with Crippen molar-refractivity contribution in [2.24, 2.45) is 5.73 Å². The van der Waals surface area contributed by atoms with E-state index in [9.17, 15) is 12.8 Å². The van der Waals surface area contributed by atoms with Crippen molar-refractivity contribution in [2.75, 3.05) is 29.7 Å². The largest absolute Gasteiger partial charge is 0.384 e. The van der Waals surface area contributed by atoms with E-state index < -0.39 is 20.7 Å². The average Bonchev–Trinajstić information content (AvgIpc) is 3.08. The Bertz CT molecular complexity index is 833. The Kier molecular flexibility index (Phi) is 8.35. The highest BCUT2D eigenvalue weighted by Crippen LogP contribution is 2.29. The summed E-state index contributed by atoms with van der Waals surface area (Å²) >= 11 is 4.16. The van der Waals surface area contributed by atoms with Crippen LogP contribution in [0.1, 0.15) is 19.8 Å². The van der Waals surface area contributed by atoms with Crippen LogP contribution >= 0.6 is 27.5 Å². The fraction of sp³-hybridized carbons (Fsp3) is 0.467. The van der Waals surface area contributed by atoms with E-state index in [2.05, 4.69) is 40.6 Å². The Balaban J connectivity index is 1.92. The Morgan fingerprint density at radius 2 is 2.07 bits per heavy atom. The van der Waals surface area contributed by atoms with Crippen LogP contribution in [0.5, 0.6) is 0 Å². The summed E-state index contributed by atoms with van der Waals surface area (Å²) in [4.78, 5) is 3.27. The molecule has 1 atom stereocenters. The lowest BCUT2D eigenvalue weighted by atomic mass is 10.2. The lowest BCUT2D eigenvalue weighted by Crippen LogP contribution is -2.31. The van der Waals surface area contributed by atoms with Gasteiger partial charge < -0.3 is 16.4 Å². The molecule has 0 fully saturated rings. The van der Waals surface area contributed by atoms with Crippen LogP contribution in [0.3, 0.4) is 0 Å². The molecule has 2 rings (SSSR count). The molecule has 5 N–H and O–H groups in total. The van der Waals surface area contributed by atoms with Crippen molar-refractivity contribution >= 4 is 48.3 Å². The number of sulfonamides is 1. The molecule has 0 bridgehead atoms. The highest BCUT2D eigenvalue weighted by molar-refractivity contribution is 9.10. The maximum absolute atomic E-state index is 14.4. The highest BCUT2D eigenvalue weighted by atomic mass is 79.9. The van der Waals surface area contributed by atoms with E-state index in [1.807, 2.05) is 6.92 Å². The van der Waals surface area contributed by atoms with Gasteiger partial charge in [-0.25, -0.2) is 17.8 Å². The van der Waals surface area contributed by atoms with Gasteiger partial charge in [-0.15, -0.1) is 0 Å². The van der Waals surface area contributed by atoms with Crippen molar-refractivity contribution in [3.05, 3.63) is 28.7 Å². The third-order valence-corrected chi connectivity index (χ3v) is 6.18. The summed E-state index contributed by atoms with van der Waals surface area (Å²) < 4.78 is 45.4. The van der Waals surface area contributed by atoms with Gasteiger partial charge in [0.2, 0.25) is 5.13 Å². The van der Waals surface area contributed by atoms with Crippen LogP contribution in [0.15, 0.2) is 27.8 Å². The Labute approximate surface area is 170 Å². The van der Waals surface area contributed by atoms with Gasteiger partial charge in [0.1, 0.15) is 17.0 Å². The van der Waals surface area contributed by atoms with Crippen molar-refractivity contribution in [3.8, 4) is 0 Å². The number of rotatable bonds is 11. The van der Waals surface area contributed by atoms with Gasteiger partial charge in [0.25, 0.3) is 10.0 Å². The zero-order valence-corrected chi connectivity index (χ0v) is 17.9. The lowest BCUT2D eigenvalue weighted by Gasteiger charge is -2.12. The second-order valence-corrected chi connectivity index (χ2v) is 9.21. The topological polar surface area (TPSA) is 122 Å². The van der Waals surface area contributed by atoms with Crippen LogP contribution in [0.2, 0.25) is 0 Å². The first-order valence-corrected chi connectivity index (χ1v) is 11.3. The molecule has 0 radical (unpaired) electrons. The third-order valence-electron chi connectivity index (χ3n) is 3.46. The van der Waals surface area contributed by atoms with Gasteiger partial charge in [0.05, 0.1) is 5.69 Å². The molecular weight excluding hydrogens is 459 g/mol. The second kappa shape index (κ2) is 10.3. The molecule has 1 heterocycles. The lowest BCUT2D eigenvalue weighted by molar-refractivity contribution is 0.570. The molecule has 0 aliphatic rings. The maximum atomic E-state index is 14.4. The molecule has 12 heteroatoms. The first-order valence-electron chi connectivity index (χ1n) is 8.28. The van der Waals surface area contributed by atoms with Gasteiger partial charge in [-0.2, -0.15) is 4.37 Å². The molecule has 0 aliphatic carbocycles. The zero-order valence-electron chi connectivity index (χ0n) is 14.7. The van der Waals surface area contributed by atoms with Crippen LogP contribution in [-0.2, 0) is 10.0 Å². The van der Waals surface area contributed by atoms with Gasteiger partial charge in [-0.05, 0) is 54.4 Å². The summed E-state index contributed by atoms with van der Waals surface area (Å²) in [7, 11) is -4.09. The second-order valence-electron chi connectivity index (χ2n) is 5.93. The SMILES string of the molecule is CC(N)CNCCCCNc1cc(F)c(S(=O)(=O)Nc2ncns2)cc1Br. The summed E-state index contributed by atoms with van der Waals surface area (Å²) in [5.74, 6) is -0.851. The molecule has 27 heavy (non-hydrogen) atoms. The van der Waals surface area contributed by atoms with Crippen molar-refractivity contribution < 1.29 is 12.8 Å². The molecule has 1 aromatic carbocycles. The maximum Gasteiger partial charge on any atom is 0.266 e. The summed E-state index contributed by atoms with van der Waals surface area (Å²) in [6.45, 7) is 4.19. The normalized spacial score (nSPS) is 12.7. The fourth-order valence-electron chi connectivity index (χ4n) is 2.19. The minimum absolute atomic E-state index is 0.0744. The standard InChI is InChI=1S/C15H22BrFN6O2S2/c1-10(18)8-19-4-2-3-5-20-13-7-12(17)14(6-11(13)16)27(24,25)23-15-21-9-22-26-15/h6-7,9-10,19-20H,2-5,8,18H2,1H3,(H,21,22,23). The van der Waals surface area contributed by atoms with Gasteiger partial charge in [-0.1, -0.05) is 0 Å². The van der Waals surface area contributed by atoms with Gasteiger partial charge >= 0.3 is 0 Å². The number of nitrogens with two attached hydrogens (primary N) is 1. The summed E-state index contributed by atoms with van der Waals surface area (Å²) in [5, 5.41) is 6.42. The monoisotopic (exact) mass is 480 g/mol. The van der Waals surface area contributed by atoms with E-state index in [4.69, 9.17) is 5.73 Å². The van der Waals surface area contributed by atoms with Crippen LogP contribution in [0, 0.1) is 5.82 Å². The third kappa shape index (κ3) is 6.96. The number of nitrogens with zero attached hydrogens (tertiary/aromatic N) is 2. The van der Waals surface area contributed by atoms with E-state index >= 15 is 0 Å². The molecule has 0 saturated heterocycles. The molecule has 8 nitrogen and oxygen atoms in total. The van der Waals surface area contributed by atoms with E-state index in [1.54, 1.807) is 0 Å². The van der Waals surface area contributed by atoms with E-state index in [-0.39, 0.29) is 11.2 Å². The molecule has 0 amide bonds. The number of hydrogen-bond acceptors (Lipinski definition) is 8. The molecular formula is C15H22BrFN6O2S2. The van der Waals surface area contributed by atoms with Crippen LogP contribution in [-0.4, -0.2) is 43.5 Å². The first-order chi connectivity index (χ1) is 12.8. The predicted octanol–water partition coefficient (Wildman–Crippen LogP) is 2.37. The highest BCUT2D eigenvalue weighted by Gasteiger charge is 2.22. The van der Waals surface area contributed by atoms with Crippen molar-refractivity contribution in [3.63, 3.8) is 0 Å². The number of anilines is 2. The van der Waals surface area contributed by atoms with E-state index in [0.717, 1.165) is 43.5 Å². The molecule has 0 spiro atoms. The van der Waals surface area contributed by atoms with Crippen LogP contribution < -0.4 is 21.1 Å². The van der Waals surface area contributed by atoms with Crippen LogP contribution in [0.25, 0.3) is 0 Å². The van der Waals surface area contributed by atoms with E-state index in [0.29, 0.717) is 16.7 Å². The number of aromatic nitrogens is 2. The van der Waals surface area contributed by atoms with Crippen molar-refractivity contribution in [2.45, 2.75) is 30.7 Å². The summed E-state index contributed by atoms with van der Waals surface area (Å²) in [6.07, 6.45) is 3.03. The quantitative estimate of drug-likeness (QED) is 0.364. The first kappa shape index (κ1) is 22.0. The Morgan fingerprint density at radius 3 is 2.74 bits per heavy atom. The Hall–Kier alpha value is -1.34. The van der Waals surface area contributed by atoms with Crippen molar-refractivity contribution in [1.82, 2.24) is 14.7 Å². The van der Waals surface area contributed by atoms with Gasteiger partial charge in [0.15, 0.2) is 0 Å². The van der Waals surface area contributed by atoms with E-state index in [1.165, 1.54) is 12.4 Å². The molecule has 1 aromatic heterocycles. The Morgan fingerprint density at radius 1 is 1.33 bits per heavy atom. The molecule has 2 aromatic rings. The molecule has 0 saturated carbocycles. The van der Waals surface area contributed by atoms with Crippen molar-refractivity contribution in [1.29, 1.82) is 0 Å². The van der Waals surface area contributed by atoms with Crippen LogP contribution in [0.4, 0.5) is 15.2 Å². The summed E-state index contributed by atoms with van der Waals surface area (Å²) in [5.41, 5.74) is 6.14. The number of halogens is 2. The molecule has 0 aliphatic heterocycles. The zero-order chi connectivity index (χ0) is 19.9. The molecule has 150 valence electrons. The number of unbranched alkanes of at least 4 members (excludes halogenated alkanes) is 1. The fourth-order valence-corrected chi connectivity index (χ4v) is 4.57. The van der Waals surface area contributed by atoms with Gasteiger partial charge in [0, 0.05) is 35.1 Å². The minimum atomic E-state index is -4.09. The number of nitrogens with one attached hydrogen (secondary N) is 3. The molecule has 1 unspecified atom stereocenters.